The predicted octanol–water partition coefficient (Wildman–Crippen LogP) is 0.382. The number of aromatic nitrogens is 1. The van der Waals surface area contributed by atoms with Crippen LogP contribution in [0.4, 0.5) is 0 Å². The van der Waals surface area contributed by atoms with Gasteiger partial charge in [0.2, 0.25) is 17.7 Å². The average molecular weight is 503 g/mol. The SMILES string of the molecule is CC(NC(=O)C(CCCCN)NC(=O)C(Cc1c[nH]c2ccccc12)NC(=O)C(N)C(C)C)C(=O)O. The summed E-state index contributed by atoms with van der Waals surface area (Å²) in [4.78, 5) is 53.3. The van der Waals surface area contributed by atoms with Gasteiger partial charge in [0.25, 0.3) is 0 Å². The van der Waals surface area contributed by atoms with Crippen LogP contribution in [0.3, 0.4) is 0 Å². The second kappa shape index (κ2) is 13.6. The standard InChI is InChI=1S/C25H38N6O5/c1-14(2)21(27)24(34)31-20(12-16-13-28-18-9-5-4-8-17(16)18)23(33)30-19(10-6-7-11-26)22(32)29-15(3)25(35)36/h4-5,8-9,13-15,19-21,28H,6-7,10-12,26-27H2,1-3H3,(H,29,32)(H,30,33)(H,31,34)(H,35,36). The topological polar surface area (TPSA) is 192 Å². The fourth-order valence-corrected chi connectivity index (χ4v) is 3.71. The minimum absolute atomic E-state index is 0.144. The van der Waals surface area contributed by atoms with Crippen LogP contribution in [0.2, 0.25) is 0 Å². The van der Waals surface area contributed by atoms with Crippen LogP contribution < -0.4 is 27.4 Å². The van der Waals surface area contributed by atoms with Crippen molar-refractivity contribution in [1.82, 2.24) is 20.9 Å². The largest absolute Gasteiger partial charge is 0.480 e. The first-order valence-electron chi connectivity index (χ1n) is 12.2. The molecule has 1 heterocycles. The lowest BCUT2D eigenvalue weighted by molar-refractivity contribution is -0.141. The molecule has 0 aliphatic rings. The summed E-state index contributed by atoms with van der Waals surface area (Å²) < 4.78 is 0. The molecule has 4 unspecified atom stereocenters. The molecule has 11 heteroatoms. The second-order valence-corrected chi connectivity index (χ2v) is 9.31. The van der Waals surface area contributed by atoms with Crippen LogP contribution in [0.1, 0.15) is 45.6 Å². The molecular formula is C25H38N6O5. The van der Waals surface area contributed by atoms with E-state index in [9.17, 15) is 19.2 Å². The van der Waals surface area contributed by atoms with Crippen molar-refractivity contribution in [2.75, 3.05) is 6.54 Å². The molecule has 9 N–H and O–H groups in total. The summed E-state index contributed by atoms with van der Waals surface area (Å²) in [5, 5.41) is 17.9. The fourth-order valence-electron chi connectivity index (χ4n) is 3.71. The summed E-state index contributed by atoms with van der Waals surface area (Å²) in [6.45, 7) is 5.37. The molecule has 2 aromatic rings. The summed E-state index contributed by atoms with van der Waals surface area (Å²) in [5.74, 6) is -3.00. The maximum absolute atomic E-state index is 13.4. The highest BCUT2D eigenvalue weighted by Gasteiger charge is 2.30. The van der Waals surface area contributed by atoms with E-state index in [4.69, 9.17) is 16.6 Å². The molecule has 0 bridgehead atoms. The smallest absolute Gasteiger partial charge is 0.325 e. The number of carbonyl (C=O) groups excluding carboxylic acids is 3. The molecule has 4 atom stereocenters. The molecule has 2 rings (SSSR count). The Kier molecular flexibility index (Phi) is 10.9. The number of hydrogen-bond acceptors (Lipinski definition) is 6. The molecule has 36 heavy (non-hydrogen) atoms. The van der Waals surface area contributed by atoms with E-state index in [-0.39, 0.29) is 18.8 Å². The van der Waals surface area contributed by atoms with Crippen LogP contribution in [0.5, 0.6) is 0 Å². The van der Waals surface area contributed by atoms with Crippen molar-refractivity contribution in [1.29, 1.82) is 0 Å². The lowest BCUT2D eigenvalue weighted by atomic mass is 10.0. The van der Waals surface area contributed by atoms with Gasteiger partial charge in [0.1, 0.15) is 18.1 Å². The van der Waals surface area contributed by atoms with Gasteiger partial charge < -0.3 is 37.5 Å². The van der Waals surface area contributed by atoms with E-state index in [1.54, 1.807) is 20.0 Å². The number of amides is 3. The molecule has 0 radical (unpaired) electrons. The van der Waals surface area contributed by atoms with Gasteiger partial charge in [-0.05, 0) is 50.3 Å². The van der Waals surface area contributed by atoms with E-state index in [1.165, 1.54) is 6.92 Å². The zero-order valence-corrected chi connectivity index (χ0v) is 21.0. The molecule has 0 aliphatic heterocycles. The summed E-state index contributed by atoms with van der Waals surface area (Å²) in [5.41, 5.74) is 13.3. The molecule has 11 nitrogen and oxygen atoms in total. The number of hydrogen-bond donors (Lipinski definition) is 7. The maximum atomic E-state index is 13.4. The Balaban J connectivity index is 2.27. The highest BCUT2D eigenvalue weighted by Crippen LogP contribution is 2.19. The van der Waals surface area contributed by atoms with Crippen molar-refractivity contribution in [3.8, 4) is 0 Å². The summed E-state index contributed by atoms with van der Waals surface area (Å²) in [6.07, 6.45) is 3.38. The van der Waals surface area contributed by atoms with Crippen LogP contribution in [0.25, 0.3) is 10.9 Å². The Morgan fingerprint density at radius 1 is 0.944 bits per heavy atom. The van der Waals surface area contributed by atoms with Gasteiger partial charge in [-0.15, -0.1) is 0 Å². The molecular weight excluding hydrogens is 464 g/mol. The third kappa shape index (κ3) is 8.06. The first kappa shape index (κ1) is 28.8. The Labute approximate surface area is 210 Å². The molecule has 3 amide bonds. The van der Waals surface area contributed by atoms with Crippen molar-refractivity contribution >= 4 is 34.6 Å². The van der Waals surface area contributed by atoms with Gasteiger partial charge in [0.15, 0.2) is 0 Å². The van der Waals surface area contributed by atoms with E-state index >= 15 is 0 Å². The molecule has 0 aliphatic carbocycles. The van der Waals surface area contributed by atoms with Gasteiger partial charge in [0, 0.05) is 23.5 Å². The number of carboxylic acids is 1. The van der Waals surface area contributed by atoms with Gasteiger partial charge in [-0.2, -0.15) is 0 Å². The Bertz CT molecular complexity index is 1050. The molecule has 0 saturated carbocycles. The molecule has 198 valence electrons. The normalized spacial score (nSPS) is 14.6. The molecule has 0 saturated heterocycles. The zero-order valence-electron chi connectivity index (χ0n) is 21.0. The van der Waals surface area contributed by atoms with Gasteiger partial charge in [-0.25, -0.2) is 0 Å². The van der Waals surface area contributed by atoms with Crippen molar-refractivity contribution in [3.63, 3.8) is 0 Å². The zero-order chi connectivity index (χ0) is 26.8. The van der Waals surface area contributed by atoms with E-state index in [1.807, 2.05) is 24.3 Å². The minimum Gasteiger partial charge on any atom is -0.480 e. The van der Waals surface area contributed by atoms with Crippen molar-refractivity contribution < 1.29 is 24.3 Å². The molecule has 0 spiro atoms. The van der Waals surface area contributed by atoms with Crippen molar-refractivity contribution in [2.45, 2.75) is 70.6 Å². The number of unbranched alkanes of at least 4 members (excludes halogenated alkanes) is 1. The number of H-pyrrole nitrogens is 1. The third-order valence-electron chi connectivity index (χ3n) is 6.06. The number of carboxylic acid groups (broad SMARTS) is 1. The number of rotatable bonds is 14. The van der Waals surface area contributed by atoms with Crippen molar-refractivity contribution in [2.24, 2.45) is 17.4 Å². The average Bonchev–Trinajstić information content (AvgIpc) is 3.24. The minimum atomic E-state index is -1.19. The number of nitrogens with two attached hydrogens (primary N) is 2. The number of para-hydroxylation sites is 1. The van der Waals surface area contributed by atoms with Gasteiger partial charge >= 0.3 is 5.97 Å². The van der Waals surface area contributed by atoms with Crippen LogP contribution in [-0.2, 0) is 25.6 Å². The Morgan fingerprint density at radius 2 is 1.58 bits per heavy atom. The summed E-state index contributed by atoms with van der Waals surface area (Å²) in [7, 11) is 0. The quantitative estimate of drug-likeness (QED) is 0.181. The maximum Gasteiger partial charge on any atom is 0.325 e. The van der Waals surface area contributed by atoms with E-state index < -0.39 is 47.9 Å². The number of aliphatic carboxylic acids is 1. The lowest BCUT2D eigenvalue weighted by Gasteiger charge is -2.25. The molecule has 0 fully saturated rings. The van der Waals surface area contributed by atoms with Gasteiger partial charge in [0.05, 0.1) is 6.04 Å². The highest BCUT2D eigenvalue weighted by molar-refractivity contribution is 5.94. The summed E-state index contributed by atoms with van der Waals surface area (Å²) in [6, 6.07) is 3.63. The van der Waals surface area contributed by atoms with Crippen LogP contribution in [0, 0.1) is 5.92 Å². The number of nitrogens with one attached hydrogen (secondary N) is 4. The fraction of sp³-hybridized carbons (Fsp3) is 0.520. The van der Waals surface area contributed by atoms with E-state index in [0.29, 0.717) is 19.4 Å². The van der Waals surface area contributed by atoms with Crippen LogP contribution >= 0.6 is 0 Å². The van der Waals surface area contributed by atoms with E-state index in [2.05, 4.69) is 20.9 Å². The first-order chi connectivity index (χ1) is 17.0. The predicted molar refractivity (Wildman–Crippen MR) is 137 cm³/mol. The Morgan fingerprint density at radius 3 is 2.22 bits per heavy atom. The van der Waals surface area contributed by atoms with E-state index in [0.717, 1.165) is 16.5 Å². The molecule has 1 aromatic carbocycles. The first-order valence-corrected chi connectivity index (χ1v) is 12.2. The number of aromatic amines is 1. The highest BCUT2D eigenvalue weighted by atomic mass is 16.4. The number of carbonyl (C=O) groups is 4. The van der Waals surface area contributed by atoms with Crippen molar-refractivity contribution in [3.05, 3.63) is 36.0 Å². The third-order valence-corrected chi connectivity index (χ3v) is 6.06. The summed E-state index contributed by atoms with van der Waals surface area (Å²) >= 11 is 0. The number of benzene rings is 1. The van der Waals surface area contributed by atoms with Crippen LogP contribution in [0.15, 0.2) is 30.5 Å². The molecule has 1 aromatic heterocycles. The lowest BCUT2D eigenvalue weighted by Crippen LogP contribution is -2.57. The van der Waals surface area contributed by atoms with Gasteiger partial charge in [-0.1, -0.05) is 32.0 Å². The Hall–Kier alpha value is -3.44. The van der Waals surface area contributed by atoms with Gasteiger partial charge in [-0.3, -0.25) is 19.2 Å². The van der Waals surface area contributed by atoms with Crippen LogP contribution in [-0.4, -0.2) is 64.5 Å². The monoisotopic (exact) mass is 502 g/mol. The number of fused-ring (bicyclic) bond motifs is 1. The second-order valence-electron chi connectivity index (χ2n) is 9.31.